The molecule has 0 spiro atoms. The number of hydrogen-bond donors (Lipinski definition) is 1. The number of methoxy groups -OCH3 is 1. The Balaban J connectivity index is 1.81. The van der Waals surface area contributed by atoms with Crippen molar-refractivity contribution < 1.29 is 14.8 Å². The Bertz CT molecular complexity index is 730. The molecule has 1 atom stereocenters. The molecular weight excluding hydrogens is 308 g/mol. The Kier molecular flexibility index (Phi) is 4.66. The summed E-state index contributed by atoms with van der Waals surface area (Å²) in [4.78, 5) is 13.0. The maximum Gasteiger partial charge on any atom is 0.292 e. The molecule has 0 aromatic heterocycles. The predicted octanol–water partition coefficient (Wildman–Crippen LogP) is 3.09. The minimum Gasteiger partial charge on any atom is -0.497 e. The summed E-state index contributed by atoms with van der Waals surface area (Å²) in [6.45, 7) is 1.32. The number of ether oxygens (including phenoxy) is 1. The molecule has 1 saturated heterocycles. The molecule has 0 aliphatic carbocycles. The monoisotopic (exact) mass is 328 g/mol. The average Bonchev–Trinajstić information content (AvgIpc) is 3.11. The van der Waals surface area contributed by atoms with E-state index in [9.17, 15) is 15.2 Å². The van der Waals surface area contributed by atoms with Gasteiger partial charge in [0.05, 0.1) is 18.6 Å². The highest BCUT2D eigenvalue weighted by atomic mass is 16.6. The quantitative estimate of drug-likeness (QED) is 0.674. The first kappa shape index (κ1) is 16.3. The lowest BCUT2D eigenvalue weighted by atomic mass is 9.98. The van der Waals surface area contributed by atoms with Gasteiger partial charge in [0.25, 0.3) is 5.69 Å². The van der Waals surface area contributed by atoms with Crippen LogP contribution in [0.25, 0.3) is 0 Å². The highest BCUT2D eigenvalue weighted by Gasteiger charge is 2.28. The largest absolute Gasteiger partial charge is 0.497 e. The second-order valence-electron chi connectivity index (χ2n) is 5.94. The van der Waals surface area contributed by atoms with Gasteiger partial charge in [-0.2, -0.15) is 0 Å². The minimum absolute atomic E-state index is 0.0527. The van der Waals surface area contributed by atoms with Crippen LogP contribution < -0.4 is 9.64 Å². The zero-order chi connectivity index (χ0) is 17.1. The Morgan fingerprint density at radius 1 is 1.29 bits per heavy atom. The first-order valence-electron chi connectivity index (χ1n) is 7.89. The zero-order valence-electron chi connectivity index (χ0n) is 13.5. The molecule has 0 bridgehead atoms. The van der Waals surface area contributed by atoms with Crippen molar-refractivity contribution in [1.82, 2.24) is 0 Å². The van der Waals surface area contributed by atoms with Crippen LogP contribution in [0.1, 0.15) is 23.5 Å². The van der Waals surface area contributed by atoms with Crippen LogP contribution >= 0.6 is 0 Å². The molecule has 1 aliphatic rings. The van der Waals surface area contributed by atoms with Crippen molar-refractivity contribution in [2.45, 2.75) is 18.9 Å². The fourth-order valence-corrected chi connectivity index (χ4v) is 3.21. The minimum atomic E-state index is -0.380. The number of nitrogens with zero attached hydrogens (tertiary/aromatic N) is 2. The van der Waals surface area contributed by atoms with Gasteiger partial charge in [-0.15, -0.1) is 0 Å². The fraction of sp³-hybridized carbons (Fsp3) is 0.333. The summed E-state index contributed by atoms with van der Waals surface area (Å²) in [5.74, 6) is 1.16. The third-order valence-electron chi connectivity index (χ3n) is 4.54. The smallest absolute Gasteiger partial charge is 0.292 e. The summed E-state index contributed by atoms with van der Waals surface area (Å²) >= 11 is 0. The molecular formula is C18H20N2O4. The molecule has 0 radical (unpaired) electrons. The number of anilines is 1. The molecule has 1 heterocycles. The number of aliphatic hydroxyl groups is 1. The van der Waals surface area contributed by atoms with E-state index in [1.807, 2.05) is 17.0 Å². The Morgan fingerprint density at radius 3 is 2.67 bits per heavy atom. The summed E-state index contributed by atoms with van der Waals surface area (Å²) < 4.78 is 5.18. The number of rotatable bonds is 5. The number of benzene rings is 2. The Morgan fingerprint density at radius 2 is 2.04 bits per heavy atom. The summed E-state index contributed by atoms with van der Waals surface area (Å²) in [5.41, 5.74) is 2.44. The predicted molar refractivity (Wildman–Crippen MR) is 91.6 cm³/mol. The first-order valence-corrected chi connectivity index (χ1v) is 7.89. The normalized spacial score (nSPS) is 17.1. The van der Waals surface area contributed by atoms with Gasteiger partial charge in [0.2, 0.25) is 0 Å². The van der Waals surface area contributed by atoms with E-state index in [1.165, 1.54) is 11.6 Å². The highest BCUT2D eigenvalue weighted by molar-refractivity contribution is 5.65. The van der Waals surface area contributed by atoms with Crippen LogP contribution in [0.4, 0.5) is 11.4 Å². The summed E-state index contributed by atoms with van der Waals surface area (Å²) in [6, 6.07) is 12.9. The molecule has 1 fully saturated rings. The van der Waals surface area contributed by atoms with Crippen molar-refractivity contribution >= 4 is 11.4 Å². The van der Waals surface area contributed by atoms with Gasteiger partial charge in [-0.1, -0.05) is 18.2 Å². The molecule has 126 valence electrons. The molecule has 2 aromatic rings. The van der Waals surface area contributed by atoms with Gasteiger partial charge in [-0.05, 0) is 35.7 Å². The van der Waals surface area contributed by atoms with E-state index in [4.69, 9.17) is 4.74 Å². The molecule has 2 aromatic carbocycles. The second-order valence-corrected chi connectivity index (χ2v) is 5.94. The fourth-order valence-electron chi connectivity index (χ4n) is 3.21. The van der Waals surface area contributed by atoms with E-state index in [0.29, 0.717) is 17.2 Å². The van der Waals surface area contributed by atoms with E-state index in [0.717, 1.165) is 25.3 Å². The summed E-state index contributed by atoms with van der Waals surface area (Å²) in [7, 11) is 1.64. The van der Waals surface area contributed by atoms with Crippen molar-refractivity contribution in [3.05, 3.63) is 63.7 Å². The summed E-state index contributed by atoms with van der Waals surface area (Å²) in [5, 5.41) is 20.5. The lowest BCUT2D eigenvalue weighted by Crippen LogP contribution is -2.20. The molecule has 1 aliphatic heterocycles. The van der Waals surface area contributed by atoms with Gasteiger partial charge >= 0.3 is 0 Å². The standard InChI is InChI=1S/C18H20N2O4/c1-24-16-5-3-14(4-6-16)15-8-9-19(11-15)17-7-2-13(12-21)10-18(17)20(22)23/h2-7,10,15,21H,8-9,11-12H2,1H3/t15-/m0/s1. The van der Waals surface area contributed by atoms with Crippen molar-refractivity contribution in [2.75, 3.05) is 25.1 Å². The van der Waals surface area contributed by atoms with Gasteiger partial charge in [-0.3, -0.25) is 10.1 Å². The zero-order valence-corrected chi connectivity index (χ0v) is 13.5. The molecule has 1 N–H and O–H groups in total. The van der Waals surface area contributed by atoms with Gasteiger partial charge < -0.3 is 14.7 Å². The maximum atomic E-state index is 11.4. The van der Waals surface area contributed by atoms with E-state index in [2.05, 4.69) is 12.1 Å². The van der Waals surface area contributed by atoms with Crippen molar-refractivity contribution in [3.63, 3.8) is 0 Å². The van der Waals surface area contributed by atoms with Crippen molar-refractivity contribution in [1.29, 1.82) is 0 Å². The lowest BCUT2D eigenvalue weighted by molar-refractivity contribution is -0.384. The average molecular weight is 328 g/mol. The lowest BCUT2D eigenvalue weighted by Gasteiger charge is -2.19. The van der Waals surface area contributed by atoms with Gasteiger partial charge in [0.1, 0.15) is 11.4 Å². The van der Waals surface area contributed by atoms with Crippen LogP contribution in [-0.4, -0.2) is 30.2 Å². The number of nitro benzene ring substituents is 1. The van der Waals surface area contributed by atoms with Crippen LogP contribution in [0.15, 0.2) is 42.5 Å². The Hall–Kier alpha value is -2.60. The molecule has 6 heteroatoms. The topological polar surface area (TPSA) is 75.8 Å². The van der Waals surface area contributed by atoms with Crippen LogP contribution in [0, 0.1) is 10.1 Å². The van der Waals surface area contributed by atoms with Crippen LogP contribution in [0.2, 0.25) is 0 Å². The van der Waals surface area contributed by atoms with E-state index < -0.39 is 0 Å². The molecule has 6 nitrogen and oxygen atoms in total. The van der Waals surface area contributed by atoms with Crippen LogP contribution in [0.3, 0.4) is 0 Å². The number of hydrogen-bond acceptors (Lipinski definition) is 5. The third kappa shape index (κ3) is 3.19. The van der Waals surface area contributed by atoms with Gasteiger partial charge in [-0.25, -0.2) is 0 Å². The number of aliphatic hydroxyl groups excluding tert-OH is 1. The third-order valence-corrected chi connectivity index (χ3v) is 4.54. The van der Waals surface area contributed by atoms with E-state index in [-0.39, 0.29) is 17.2 Å². The molecule has 3 rings (SSSR count). The van der Waals surface area contributed by atoms with Gasteiger partial charge in [0, 0.05) is 25.1 Å². The second kappa shape index (κ2) is 6.88. The molecule has 0 amide bonds. The summed E-state index contributed by atoms with van der Waals surface area (Å²) in [6.07, 6.45) is 0.950. The van der Waals surface area contributed by atoms with Crippen molar-refractivity contribution in [2.24, 2.45) is 0 Å². The molecule has 0 unspecified atom stereocenters. The number of nitro groups is 1. The van der Waals surface area contributed by atoms with E-state index in [1.54, 1.807) is 19.2 Å². The maximum absolute atomic E-state index is 11.4. The highest BCUT2D eigenvalue weighted by Crippen LogP contribution is 2.36. The molecule has 0 saturated carbocycles. The SMILES string of the molecule is COc1ccc([C@H]2CCN(c3ccc(CO)cc3[N+](=O)[O-])C2)cc1. The van der Waals surface area contributed by atoms with Crippen molar-refractivity contribution in [3.8, 4) is 5.75 Å². The van der Waals surface area contributed by atoms with E-state index >= 15 is 0 Å². The first-order chi connectivity index (χ1) is 11.6. The van der Waals surface area contributed by atoms with Gasteiger partial charge in [0.15, 0.2) is 0 Å². The van der Waals surface area contributed by atoms with Crippen LogP contribution in [0.5, 0.6) is 5.75 Å². The Labute approximate surface area is 140 Å². The van der Waals surface area contributed by atoms with Crippen LogP contribution in [-0.2, 0) is 6.61 Å². The molecule has 24 heavy (non-hydrogen) atoms.